The van der Waals surface area contributed by atoms with E-state index in [9.17, 15) is 4.79 Å². The second kappa shape index (κ2) is 9.94. The van der Waals surface area contributed by atoms with E-state index in [0.29, 0.717) is 18.0 Å². The molecule has 4 aromatic rings. The minimum atomic E-state index is -0.102. The molecule has 1 amide bonds. The van der Waals surface area contributed by atoms with Gasteiger partial charge in [-0.05, 0) is 65.1 Å². The second-order valence-electron chi connectivity index (χ2n) is 10.4. The highest BCUT2D eigenvalue weighted by molar-refractivity contribution is 7.16. The number of rotatable bonds is 6. The molecule has 0 fully saturated rings. The Morgan fingerprint density at radius 1 is 1.19 bits per heavy atom. The number of furan rings is 1. The van der Waals surface area contributed by atoms with Crippen LogP contribution >= 0.6 is 11.3 Å². The lowest BCUT2D eigenvalue weighted by Crippen LogP contribution is -2.28. The number of carbonyl (C=O) groups is 1. The van der Waals surface area contributed by atoms with Crippen LogP contribution in [0.15, 0.2) is 64.2 Å². The quantitative estimate of drug-likeness (QED) is 0.282. The molecule has 0 radical (unpaired) electrons. The lowest BCUT2D eigenvalue weighted by atomic mass is 9.72. The summed E-state index contributed by atoms with van der Waals surface area (Å²) in [6.07, 6.45) is 6.42. The number of nitrogens with one attached hydrogen (secondary N) is 1. The number of hydrogen-bond acceptors (Lipinski definition) is 5. The maximum absolute atomic E-state index is 13.5. The van der Waals surface area contributed by atoms with Crippen LogP contribution in [0.25, 0.3) is 10.8 Å². The lowest BCUT2D eigenvalue weighted by Gasteiger charge is -2.33. The average Bonchev–Trinajstić information content (AvgIpc) is 3.52. The molecule has 5 nitrogen and oxygen atoms in total. The van der Waals surface area contributed by atoms with Crippen molar-refractivity contribution in [2.75, 3.05) is 7.11 Å². The number of ether oxygens (including phenoxy) is 1. The Bertz CT molecular complexity index is 1410. The molecule has 1 aliphatic carbocycles. The van der Waals surface area contributed by atoms with Gasteiger partial charge in [-0.1, -0.05) is 51.1 Å². The highest BCUT2D eigenvalue weighted by Crippen LogP contribution is 2.45. The van der Waals surface area contributed by atoms with Crippen LogP contribution in [-0.2, 0) is 19.4 Å². The van der Waals surface area contributed by atoms with E-state index < -0.39 is 0 Å². The maximum Gasteiger partial charge on any atom is 0.255 e. The second-order valence-corrected chi connectivity index (χ2v) is 11.5. The van der Waals surface area contributed by atoms with Crippen LogP contribution in [0.4, 0.5) is 5.00 Å². The van der Waals surface area contributed by atoms with Crippen molar-refractivity contribution >= 4 is 39.2 Å². The molecule has 0 bridgehead atoms. The fourth-order valence-electron chi connectivity index (χ4n) is 5.01. The summed E-state index contributed by atoms with van der Waals surface area (Å²) < 4.78 is 11.1. The van der Waals surface area contributed by atoms with Crippen molar-refractivity contribution in [1.29, 1.82) is 0 Å². The van der Waals surface area contributed by atoms with Crippen LogP contribution in [0.1, 0.15) is 59.3 Å². The van der Waals surface area contributed by atoms with Gasteiger partial charge in [-0.15, -0.1) is 11.3 Å². The van der Waals surface area contributed by atoms with Crippen LogP contribution in [0.2, 0.25) is 0 Å². The Kier molecular flexibility index (Phi) is 6.71. The molecule has 2 aromatic carbocycles. The number of carbonyl (C=O) groups excluding carboxylic acids is 1. The van der Waals surface area contributed by atoms with Gasteiger partial charge in [0.1, 0.15) is 16.5 Å². The molecule has 0 saturated carbocycles. The molecule has 186 valence electrons. The van der Waals surface area contributed by atoms with Gasteiger partial charge in [0.05, 0.1) is 25.5 Å². The molecular formula is C30H32N2O3S. The number of benzene rings is 2. The Morgan fingerprint density at radius 3 is 2.78 bits per heavy atom. The van der Waals surface area contributed by atoms with Gasteiger partial charge in [0, 0.05) is 16.7 Å². The van der Waals surface area contributed by atoms with Gasteiger partial charge in [0.2, 0.25) is 0 Å². The first kappa shape index (κ1) is 24.3. The third kappa shape index (κ3) is 4.82. The highest BCUT2D eigenvalue weighted by Gasteiger charge is 2.33. The van der Waals surface area contributed by atoms with Gasteiger partial charge in [0.15, 0.2) is 0 Å². The van der Waals surface area contributed by atoms with Crippen molar-refractivity contribution in [3.63, 3.8) is 0 Å². The van der Waals surface area contributed by atoms with Gasteiger partial charge in [-0.3, -0.25) is 4.79 Å². The monoisotopic (exact) mass is 500 g/mol. The van der Waals surface area contributed by atoms with Gasteiger partial charge in [-0.25, -0.2) is 4.99 Å². The summed E-state index contributed by atoms with van der Waals surface area (Å²) >= 11 is 1.65. The predicted molar refractivity (Wildman–Crippen MR) is 147 cm³/mol. The molecule has 2 heterocycles. The van der Waals surface area contributed by atoms with Crippen molar-refractivity contribution in [1.82, 2.24) is 5.32 Å². The minimum Gasteiger partial charge on any atom is -0.496 e. The fraction of sp³-hybridized carbons (Fsp3) is 0.333. The van der Waals surface area contributed by atoms with Gasteiger partial charge in [0.25, 0.3) is 5.91 Å². The molecule has 1 atom stereocenters. The molecule has 36 heavy (non-hydrogen) atoms. The standard InChI is InChI=1S/C30H32N2O3S/c1-30(2,3)20-12-13-23-26(16-20)36-29(27(23)28(33)31-17-21-9-7-15-35-21)32-18-24-22-10-6-5-8-19(22)11-14-25(24)34-4/h5-11,14-15,18,20H,12-13,16-17H2,1-4H3,(H,31,33)/t20-/m1/s1. The van der Waals surface area contributed by atoms with Crippen LogP contribution < -0.4 is 10.1 Å². The van der Waals surface area contributed by atoms with E-state index in [1.54, 1.807) is 24.7 Å². The third-order valence-corrected chi connectivity index (χ3v) is 8.33. The van der Waals surface area contributed by atoms with E-state index in [2.05, 4.69) is 44.3 Å². The lowest BCUT2D eigenvalue weighted by molar-refractivity contribution is 0.0947. The Morgan fingerprint density at radius 2 is 2.03 bits per heavy atom. The van der Waals surface area contributed by atoms with Crippen LogP contribution in [-0.4, -0.2) is 19.2 Å². The fourth-order valence-corrected chi connectivity index (χ4v) is 6.28. The summed E-state index contributed by atoms with van der Waals surface area (Å²) in [5.41, 5.74) is 2.98. The van der Waals surface area contributed by atoms with Gasteiger partial charge in [-0.2, -0.15) is 0 Å². The molecule has 0 saturated heterocycles. The zero-order valence-electron chi connectivity index (χ0n) is 21.3. The number of fused-ring (bicyclic) bond motifs is 2. The minimum absolute atomic E-state index is 0.102. The van der Waals surface area contributed by atoms with E-state index in [1.165, 1.54) is 4.88 Å². The van der Waals surface area contributed by atoms with E-state index in [4.69, 9.17) is 14.1 Å². The first-order valence-electron chi connectivity index (χ1n) is 12.4. The van der Waals surface area contributed by atoms with Gasteiger partial charge < -0.3 is 14.5 Å². The zero-order chi connectivity index (χ0) is 25.3. The summed E-state index contributed by atoms with van der Waals surface area (Å²) in [6, 6.07) is 15.9. The van der Waals surface area contributed by atoms with E-state index >= 15 is 0 Å². The molecule has 1 N–H and O–H groups in total. The summed E-state index contributed by atoms with van der Waals surface area (Å²) in [7, 11) is 1.67. The zero-order valence-corrected chi connectivity index (χ0v) is 22.1. The molecule has 0 aliphatic heterocycles. The smallest absolute Gasteiger partial charge is 0.255 e. The highest BCUT2D eigenvalue weighted by atomic mass is 32.1. The molecule has 6 heteroatoms. The molecule has 1 aliphatic rings. The topological polar surface area (TPSA) is 63.8 Å². The van der Waals surface area contributed by atoms with Crippen LogP contribution in [0, 0.1) is 11.3 Å². The number of hydrogen-bond donors (Lipinski definition) is 1. The number of amides is 1. The summed E-state index contributed by atoms with van der Waals surface area (Å²) in [5, 5.41) is 5.98. The predicted octanol–water partition coefficient (Wildman–Crippen LogP) is 7.33. The van der Waals surface area contributed by atoms with E-state index in [-0.39, 0.29) is 11.3 Å². The Balaban J connectivity index is 1.54. The Hall–Kier alpha value is -3.38. The number of nitrogens with zero attached hydrogens (tertiary/aromatic N) is 1. The number of thiophene rings is 1. The summed E-state index contributed by atoms with van der Waals surface area (Å²) in [5.74, 6) is 1.97. The molecule has 0 spiro atoms. The first-order chi connectivity index (χ1) is 17.3. The average molecular weight is 501 g/mol. The van der Waals surface area contributed by atoms with E-state index in [1.807, 2.05) is 36.5 Å². The molecule has 0 unspecified atom stereocenters. The van der Waals surface area contributed by atoms with E-state index in [0.717, 1.165) is 57.7 Å². The molecule has 5 rings (SSSR count). The van der Waals surface area contributed by atoms with Gasteiger partial charge >= 0.3 is 0 Å². The number of methoxy groups -OCH3 is 1. The van der Waals surface area contributed by atoms with Crippen molar-refractivity contribution < 1.29 is 13.9 Å². The molecular weight excluding hydrogens is 468 g/mol. The summed E-state index contributed by atoms with van der Waals surface area (Å²) in [6.45, 7) is 7.26. The summed E-state index contributed by atoms with van der Waals surface area (Å²) in [4.78, 5) is 19.7. The SMILES string of the molecule is COc1ccc2ccccc2c1C=Nc1sc2c(c1C(=O)NCc1ccco1)CC[C@@H](C(C)(C)C)C2. The van der Waals surface area contributed by atoms with Crippen molar-refractivity contribution in [2.24, 2.45) is 16.3 Å². The van der Waals surface area contributed by atoms with Crippen LogP contribution in [0.5, 0.6) is 5.75 Å². The Labute approximate surface area is 216 Å². The number of aliphatic imine (C=N–C) groups is 1. The largest absolute Gasteiger partial charge is 0.496 e. The normalized spacial score (nSPS) is 15.8. The van der Waals surface area contributed by atoms with Crippen molar-refractivity contribution in [3.8, 4) is 5.75 Å². The molecule has 2 aromatic heterocycles. The first-order valence-corrected chi connectivity index (χ1v) is 13.2. The van der Waals surface area contributed by atoms with Crippen LogP contribution in [0.3, 0.4) is 0 Å². The maximum atomic E-state index is 13.5. The van der Waals surface area contributed by atoms with Crippen molar-refractivity contribution in [3.05, 3.63) is 82.1 Å². The third-order valence-electron chi connectivity index (χ3n) is 7.16. The van der Waals surface area contributed by atoms with Crippen molar-refractivity contribution in [2.45, 2.75) is 46.6 Å².